The van der Waals surface area contributed by atoms with E-state index in [0.717, 1.165) is 25.3 Å². The van der Waals surface area contributed by atoms with Gasteiger partial charge in [-0.25, -0.2) is 15.0 Å². The molecule has 166 valence electrons. The van der Waals surface area contributed by atoms with Crippen molar-refractivity contribution in [3.63, 3.8) is 0 Å². The van der Waals surface area contributed by atoms with Gasteiger partial charge in [-0.05, 0) is 20.3 Å². The quantitative estimate of drug-likeness (QED) is 0.377. The van der Waals surface area contributed by atoms with Gasteiger partial charge in [-0.3, -0.25) is 0 Å². The van der Waals surface area contributed by atoms with Gasteiger partial charge in [0.25, 0.3) is 0 Å². The van der Waals surface area contributed by atoms with Gasteiger partial charge in [0.15, 0.2) is 19.8 Å². The third-order valence-corrected chi connectivity index (χ3v) is 4.91. The Morgan fingerprint density at radius 3 is 2.37 bits per heavy atom. The molecule has 3 rings (SSSR count). The molecular formula is C21H34N5O3P. The molecule has 0 radical (unpaired) electrons. The van der Waals surface area contributed by atoms with E-state index >= 15 is 0 Å². The van der Waals surface area contributed by atoms with Crippen molar-refractivity contribution in [2.45, 2.75) is 40.7 Å². The second-order valence-corrected chi connectivity index (χ2v) is 7.14. The van der Waals surface area contributed by atoms with Crippen LogP contribution in [-0.2, 0) is 20.3 Å². The predicted molar refractivity (Wildman–Crippen MR) is 124 cm³/mol. The Morgan fingerprint density at radius 2 is 1.73 bits per heavy atom. The summed E-state index contributed by atoms with van der Waals surface area (Å²) in [5.41, 5.74) is 7.07. The normalized spacial score (nSPS) is 14.8. The smallest absolute Gasteiger partial charge is 0.198 e. The Balaban J connectivity index is 0.000000383. The number of hydrogen-bond acceptors (Lipinski definition) is 7. The number of nitrogen functional groups attached to an aromatic ring is 1. The highest BCUT2D eigenvalue weighted by molar-refractivity contribution is 7.47. The fourth-order valence-electron chi connectivity index (χ4n) is 2.22. The van der Waals surface area contributed by atoms with Crippen molar-refractivity contribution < 1.29 is 13.8 Å². The second-order valence-electron chi connectivity index (χ2n) is 5.70. The van der Waals surface area contributed by atoms with E-state index in [1.807, 2.05) is 68.7 Å². The standard InChI is InChI=1S/C11H16N5O3P.C8H12.C2H6/c12-10-9-11(14-6-13-10)16(7-15-9)2-5-17-8-20-18-3-1-4-19-20;1-3-5-7-8-6-4-2;1-2/h6-7H,1-5,8H2,(H2,12,13,14);3-8H,1-2H3;1-2H3/b;5-3-,6-4-,8-7-;. The minimum Gasteiger partial charge on any atom is -0.382 e. The van der Waals surface area contributed by atoms with Crippen molar-refractivity contribution in [1.82, 2.24) is 19.5 Å². The van der Waals surface area contributed by atoms with Gasteiger partial charge in [-0.1, -0.05) is 50.3 Å². The number of aromatic nitrogens is 4. The van der Waals surface area contributed by atoms with E-state index in [0.29, 0.717) is 30.8 Å². The highest BCUT2D eigenvalue weighted by Crippen LogP contribution is 2.40. The summed E-state index contributed by atoms with van der Waals surface area (Å²) in [6.07, 6.45) is 16.6. The SMILES string of the molecule is CC.C\C=C/C=C\C=C/C.Nc1ncnc2c1ncn2CCOCP1OCCCO1. The molecule has 9 heteroatoms. The summed E-state index contributed by atoms with van der Waals surface area (Å²) in [6, 6.07) is 0. The lowest BCUT2D eigenvalue weighted by Crippen LogP contribution is -2.11. The summed E-state index contributed by atoms with van der Waals surface area (Å²) >= 11 is 0. The lowest BCUT2D eigenvalue weighted by molar-refractivity contribution is 0.123. The van der Waals surface area contributed by atoms with Crippen molar-refractivity contribution in [3.05, 3.63) is 49.1 Å². The summed E-state index contributed by atoms with van der Waals surface area (Å²) in [5.74, 6) is 0.391. The van der Waals surface area contributed by atoms with Crippen LogP contribution in [0.25, 0.3) is 11.2 Å². The van der Waals surface area contributed by atoms with Crippen molar-refractivity contribution in [3.8, 4) is 0 Å². The molecule has 30 heavy (non-hydrogen) atoms. The zero-order chi connectivity index (χ0) is 22.0. The minimum atomic E-state index is -0.873. The van der Waals surface area contributed by atoms with E-state index in [9.17, 15) is 0 Å². The summed E-state index contributed by atoms with van der Waals surface area (Å²) in [5, 5.41) is 0. The average Bonchev–Trinajstić information content (AvgIpc) is 3.21. The summed E-state index contributed by atoms with van der Waals surface area (Å²) in [6.45, 7) is 10.7. The number of anilines is 1. The first-order valence-electron chi connectivity index (χ1n) is 10.2. The molecule has 3 heterocycles. The average molecular weight is 436 g/mol. The molecule has 1 aliphatic heterocycles. The maximum absolute atomic E-state index is 5.73. The molecule has 8 nitrogen and oxygen atoms in total. The molecule has 0 saturated carbocycles. The van der Waals surface area contributed by atoms with E-state index in [1.165, 1.54) is 6.33 Å². The summed E-state index contributed by atoms with van der Waals surface area (Å²) in [4.78, 5) is 12.3. The first-order valence-corrected chi connectivity index (χ1v) is 11.6. The monoisotopic (exact) mass is 435 g/mol. The van der Waals surface area contributed by atoms with Crippen LogP contribution >= 0.6 is 8.38 Å². The van der Waals surface area contributed by atoms with E-state index in [4.69, 9.17) is 19.5 Å². The molecule has 0 spiro atoms. The molecule has 0 amide bonds. The van der Waals surface area contributed by atoms with Crippen molar-refractivity contribution in [2.75, 3.05) is 31.9 Å². The molecule has 0 atom stereocenters. The zero-order valence-corrected chi connectivity index (χ0v) is 19.3. The molecule has 1 aliphatic rings. The highest BCUT2D eigenvalue weighted by Gasteiger charge is 2.15. The molecule has 1 fully saturated rings. The summed E-state index contributed by atoms with van der Waals surface area (Å²) in [7, 11) is -0.873. The van der Waals surface area contributed by atoms with Crippen LogP contribution < -0.4 is 5.73 Å². The number of ether oxygens (including phenoxy) is 1. The molecule has 0 bridgehead atoms. The Bertz CT molecular complexity index is 772. The Hall–Kier alpha value is -2.12. The lowest BCUT2D eigenvalue weighted by Gasteiger charge is -2.21. The van der Waals surface area contributed by atoms with E-state index in [2.05, 4.69) is 15.0 Å². The van der Waals surface area contributed by atoms with Crippen LogP contribution in [0.2, 0.25) is 0 Å². The minimum absolute atomic E-state index is 0.391. The predicted octanol–water partition coefficient (Wildman–Crippen LogP) is 4.85. The third-order valence-electron chi connectivity index (χ3n) is 3.58. The van der Waals surface area contributed by atoms with Crippen molar-refractivity contribution in [1.29, 1.82) is 0 Å². The lowest BCUT2D eigenvalue weighted by atomic mass is 10.4. The van der Waals surface area contributed by atoms with Gasteiger partial charge in [-0.15, -0.1) is 0 Å². The topological polar surface area (TPSA) is 97.3 Å². The third kappa shape index (κ3) is 9.59. The molecule has 0 unspecified atom stereocenters. The Morgan fingerprint density at radius 1 is 1.07 bits per heavy atom. The van der Waals surface area contributed by atoms with Crippen LogP contribution in [0.3, 0.4) is 0 Å². The number of nitrogens with two attached hydrogens (primary N) is 1. The van der Waals surface area contributed by atoms with Gasteiger partial charge in [0, 0.05) is 6.54 Å². The van der Waals surface area contributed by atoms with Gasteiger partial charge in [0.1, 0.15) is 18.2 Å². The molecule has 2 aromatic rings. The van der Waals surface area contributed by atoms with Crippen molar-refractivity contribution in [2.24, 2.45) is 0 Å². The van der Waals surface area contributed by atoms with Crippen LogP contribution in [0, 0.1) is 0 Å². The Kier molecular flexibility index (Phi) is 14.4. The fraction of sp³-hybridized carbons (Fsp3) is 0.476. The number of fused-ring (bicyclic) bond motifs is 1. The zero-order valence-electron chi connectivity index (χ0n) is 18.4. The molecule has 0 aliphatic carbocycles. The van der Waals surface area contributed by atoms with Crippen LogP contribution in [0.4, 0.5) is 5.82 Å². The number of imidazole rings is 1. The molecule has 1 saturated heterocycles. The maximum atomic E-state index is 5.73. The Labute approximate surface area is 180 Å². The van der Waals surface area contributed by atoms with Crippen molar-refractivity contribution >= 4 is 25.4 Å². The first kappa shape index (κ1) is 25.9. The second kappa shape index (κ2) is 16.7. The number of rotatable bonds is 7. The number of nitrogens with zero attached hydrogens (tertiary/aromatic N) is 4. The van der Waals surface area contributed by atoms with Crippen LogP contribution in [0.1, 0.15) is 34.1 Å². The van der Waals surface area contributed by atoms with Crippen LogP contribution in [0.5, 0.6) is 0 Å². The maximum Gasteiger partial charge on any atom is 0.198 e. The van der Waals surface area contributed by atoms with Gasteiger partial charge >= 0.3 is 0 Å². The van der Waals surface area contributed by atoms with Gasteiger partial charge in [0.05, 0.1) is 26.1 Å². The first-order chi connectivity index (χ1) is 14.8. The molecule has 2 aromatic heterocycles. The van der Waals surface area contributed by atoms with E-state index < -0.39 is 8.38 Å². The summed E-state index contributed by atoms with van der Waals surface area (Å²) < 4.78 is 18.4. The van der Waals surface area contributed by atoms with Crippen LogP contribution in [-0.4, -0.2) is 45.7 Å². The highest BCUT2D eigenvalue weighted by atomic mass is 31.2. The fourth-order valence-corrected chi connectivity index (χ4v) is 3.39. The van der Waals surface area contributed by atoms with Gasteiger partial charge in [0.2, 0.25) is 0 Å². The van der Waals surface area contributed by atoms with Gasteiger partial charge < -0.3 is 24.1 Å². The van der Waals surface area contributed by atoms with Gasteiger partial charge in [-0.2, -0.15) is 0 Å². The molecule has 0 aromatic carbocycles. The number of allylic oxidation sites excluding steroid dienone is 6. The number of hydrogen-bond donors (Lipinski definition) is 1. The molecular weight excluding hydrogens is 401 g/mol. The van der Waals surface area contributed by atoms with E-state index in [-0.39, 0.29) is 0 Å². The molecule has 2 N–H and O–H groups in total. The van der Waals surface area contributed by atoms with Crippen LogP contribution in [0.15, 0.2) is 49.1 Å². The largest absolute Gasteiger partial charge is 0.382 e. The van der Waals surface area contributed by atoms with E-state index in [1.54, 1.807) is 6.33 Å².